The van der Waals surface area contributed by atoms with E-state index in [0.29, 0.717) is 18.9 Å². The van der Waals surface area contributed by atoms with Crippen LogP contribution in [0.1, 0.15) is 29.8 Å². The average Bonchev–Trinajstić information content (AvgIpc) is 2.57. The van der Waals surface area contributed by atoms with Crippen molar-refractivity contribution in [3.05, 3.63) is 52.7 Å². The Morgan fingerprint density at radius 2 is 1.88 bits per heavy atom. The van der Waals surface area contributed by atoms with E-state index in [9.17, 15) is 18.0 Å². The number of hydrogen-bond donors (Lipinski definition) is 1. The molecule has 8 heteroatoms. The van der Waals surface area contributed by atoms with Crippen molar-refractivity contribution in [2.45, 2.75) is 20.0 Å². The molecule has 0 fully saturated rings. The minimum atomic E-state index is -4.52. The van der Waals surface area contributed by atoms with Crippen molar-refractivity contribution in [2.75, 3.05) is 23.3 Å². The van der Waals surface area contributed by atoms with Crippen molar-refractivity contribution in [1.29, 1.82) is 0 Å². The molecule has 2 rings (SSSR count). The van der Waals surface area contributed by atoms with E-state index in [0.717, 1.165) is 18.2 Å². The lowest BCUT2D eigenvalue weighted by atomic mass is 10.1. The highest BCUT2D eigenvalue weighted by Crippen LogP contribution is 2.34. The van der Waals surface area contributed by atoms with Gasteiger partial charge in [0.15, 0.2) is 0 Å². The number of carbonyl (C=O) groups is 1. The second-order valence-corrected chi connectivity index (χ2v) is 5.63. The summed E-state index contributed by atoms with van der Waals surface area (Å²) in [5, 5.41) is 2.45. The summed E-state index contributed by atoms with van der Waals surface area (Å²) in [6.07, 6.45) is -3.03. The number of rotatable bonds is 5. The zero-order chi connectivity index (χ0) is 18.6. The number of nitrogens with zero attached hydrogens (tertiary/aromatic N) is 2. The van der Waals surface area contributed by atoms with Crippen molar-refractivity contribution < 1.29 is 18.0 Å². The number of anilines is 2. The van der Waals surface area contributed by atoms with E-state index in [-0.39, 0.29) is 16.3 Å². The second-order valence-electron chi connectivity index (χ2n) is 5.22. The van der Waals surface area contributed by atoms with E-state index in [2.05, 4.69) is 10.3 Å². The maximum absolute atomic E-state index is 12.8. The van der Waals surface area contributed by atoms with Gasteiger partial charge in [0.1, 0.15) is 5.82 Å². The summed E-state index contributed by atoms with van der Waals surface area (Å²) in [6, 6.07) is 5.86. The van der Waals surface area contributed by atoms with Crippen LogP contribution in [0.5, 0.6) is 0 Å². The molecule has 1 aromatic heterocycles. The Balaban J connectivity index is 2.27. The molecule has 0 aliphatic rings. The SMILES string of the molecule is CCN(CC)c1cc(C(=O)Nc2cc(C(F)(F)F)ccc2Cl)ccn1. The fourth-order valence-corrected chi connectivity index (χ4v) is 2.44. The van der Waals surface area contributed by atoms with E-state index in [4.69, 9.17) is 11.6 Å². The van der Waals surface area contributed by atoms with Crippen LogP contribution in [0.4, 0.5) is 24.7 Å². The molecule has 0 aliphatic carbocycles. The Morgan fingerprint density at radius 1 is 1.20 bits per heavy atom. The van der Waals surface area contributed by atoms with Gasteiger partial charge >= 0.3 is 6.18 Å². The Hall–Kier alpha value is -2.28. The first-order chi connectivity index (χ1) is 11.8. The lowest BCUT2D eigenvalue weighted by molar-refractivity contribution is -0.137. The summed E-state index contributed by atoms with van der Waals surface area (Å²) in [7, 11) is 0. The summed E-state index contributed by atoms with van der Waals surface area (Å²) >= 11 is 5.90. The number of nitrogens with one attached hydrogen (secondary N) is 1. The molecule has 0 saturated heterocycles. The number of halogens is 4. The van der Waals surface area contributed by atoms with Crippen LogP contribution in [-0.4, -0.2) is 24.0 Å². The van der Waals surface area contributed by atoms with Crippen molar-refractivity contribution in [3.63, 3.8) is 0 Å². The van der Waals surface area contributed by atoms with E-state index < -0.39 is 17.6 Å². The highest BCUT2D eigenvalue weighted by atomic mass is 35.5. The fraction of sp³-hybridized carbons (Fsp3) is 0.294. The fourth-order valence-electron chi connectivity index (χ4n) is 2.27. The highest BCUT2D eigenvalue weighted by molar-refractivity contribution is 6.34. The standard InChI is InChI=1S/C17H17ClF3N3O/c1-3-24(4-2)15-9-11(7-8-22-15)16(25)23-14-10-12(17(19,20)21)5-6-13(14)18/h5-10H,3-4H2,1-2H3,(H,23,25). The third-order valence-electron chi connectivity index (χ3n) is 3.64. The third-order valence-corrected chi connectivity index (χ3v) is 3.97. The van der Waals surface area contributed by atoms with Gasteiger partial charge in [0.2, 0.25) is 0 Å². The first kappa shape index (κ1) is 19.1. The summed E-state index contributed by atoms with van der Waals surface area (Å²) in [4.78, 5) is 18.5. The topological polar surface area (TPSA) is 45.2 Å². The average molecular weight is 372 g/mol. The van der Waals surface area contributed by atoms with Crippen LogP contribution in [0.2, 0.25) is 5.02 Å². The maximum atomic E-state index is 12.8. The Labute approximate surface area is 148 Å². The molecule has 25 heavy (non-hydrogen) atoms. The third kappa shape index (κ3) is 4.63. The lowest BCUT2D eigenvalue weighted by Gasteiger charge is -2.20. The minimum Gasteiger partial charge on any atom is -0.357 e. The molecule has 4 nitrogen and oxygen atoms in total. The number of amides is 1. The van der Waals surface area contributed by atoms with Gasteiger partial charge in [0.05, 0.1) is 16.3 Å². The summed E-state index contributed by atoms with van der Waals surface area (Å²) in [6.45, 7) is 5.35. The van der Waals surface area contributed by atoms with E-state index in [1.54, 1.807) is 6.07 Å². The molecule has 0 atom stereocenters. The lowest BCUT2D eigenvalue weighted by Crippen LogP contribution is -2.23. The van der Waals surface area contributed by atoms with Crippen LogP contribution in [0.3, 0.4) is 0 Å². The molecule has 0 unspecified atom stereocenters. The number of aromatic nitrogens is 1. The molecule has 1 aromatic carbocycles. The highest BCUT2D eigenvalue weighted by Gasteiger charge is 2.31. The Morgan fingerprint density at radius 3 is 2.48 bits per heavy atom. The smallest absolute Gasteiger partial charge is 0.357 e. The minimum absolute atomic E-state index is 0.0272. The number of benzene rings is 1. The van der Waals surface area contributed by atoms with Gasteiger partial charge in [-0.15, -0.1) is 0 Å². The molecular formula is C17H17ClF3N3O. The molecule has 0 aliphatic heterocycles. The second kappa shape index (κ2) is 7.74. The molecule has 0 bridgehead atoms. The largest absolute Gasteiger partial charge is 0.416 e. The molecule has 1 amide bonds. The van der Waals surface area contributed by atoms with Crippen molar-refractivity contribution in [1.82, 2.24) is 4.98 Å². The van der Waals surface area contributed by atoms with Gasteiger partial charge in [-0.2, -0.15) is 13.2 Å². The van der Waals surface area contributed by atoms with E-state index in [1.165, 1.54) is 12.3 Å². The number of hydrogen-bond acceptors (Lipinski definition) is 3. The van der Waals surface area contributed by atoms with Crippen molar-refractivity contribution >= 4 is 29.0 Å². The van der Waals surface area contributed by atoms with Crippen LogP contribution in [0, 0.1) is 0 Å². The summed E-state index contributed by atoms with van der Waals surface area (Å²) in [5.41, 5.74) is -0.696. The van der Waals surface area contributed by atoms with Gasteiger partial charge in [-0.05, 0) is 44.2 Å². The zero-order valence-electron chi connectivity index (χ0n) is 13.7. The molecule has 2 aromatic rings. The predicted molar refractivity (Wildman–Crippen MR) is 92.2 cm³/mol. The maximum Gasteiger partial charge on any atom is 0.416 e. The van der Waals surface area contributed by atoms with Gasteiger partial charge in [-0.1, -0.05) is 11.6 Å². The van der Waals surface area contributed by atoms with Crippen LogP contribution in [-0.2, 0) is 6.18 Å². The van der Waals surface area contributed by atoms with Crippen molar-refractivity contribution in [2.24, 2.45) is 0 Å². The van der Waals surface area contributed by atoms with Crippen LogP contribution >= 0.6 is 11.6 Å². The molecule has 0 radical (unpaired) electrons. The quantitative estimate of drug-likeness (QED) is 0.817. The first-order valence-electron chi connectivity index (χ1n) is 7.65. The van der Waals surface area contributed by atoms with Crippen molar-refractivity contribution in [3.8, 4) is 0 Å². The van der Waals surface area contributed by atoms with E-state index in [1.807, 2.05) is 18.7 Å². The molecular weight excluding hydrogens is 355 g/mol. The van der Waals surface area contributed by atoms with Gasteiger partial charge in [-0.3, -0.25) is 4.79 Å². The number of carbonyl (C=O) groups excluding carboxylic acids is 1. The predicted octanol–water partition coefficient (Wildman–Crippen LogP) is 4.85. The molecule has 1 heterocycles. The van der Waals surface area contributed by atoms with Gasteiger partial charge in [-0.25, -0.2) is 4.98 Å². The molecule has 134 valence electrons. The van der Waals surface area contributed by atoms with E-state index >= 15 is 0 Å². The monoisotopic (exact) mass is 371 g/mol. The summed E-state index contributed by atoms with van der Waals surface area (Å²) in [5.74, 6) is 0.0600. The van der Waals surface area contributed by atoms with Crippen LogP contribution in [0.25, 0.3) is 0 Å². The molecule has 0 spiro atoms. The first-order valence-corrected chi connectivity index (χ1v) is 8.03. The number of pyridine rings is 1. The summed E-state index contributed by atoms with van der Waals surface area (Å²) < 4.78 is 38.4. The zero-order valence-corrected chi connectivity index (χ0v) is 14.4. The van der Waals surface area contributed by atoms with Gasteiger partial charge in [0, 0.05) is 24.8 Å². The molecule has 0 saturated carbocycles. The van der Waals surface area contributed by atoms with Crippen LogP contribution < -0.4 is 10.2 Å². The van der Waals surface area contributed by atoms with Gasteiger partial charge < -0.3 is 10.2 Å². The molecule has 1 N–H and O–H groups in total. The Kier molecular flexibility index (Phi) is 5.89. The van der Waals surface area contributed by atoms with Gasteiger partial charge in [0.25, 0.3) is 5.91 Å². The number of alkyl halides is 3. The normalized spacial score (nSPS) is 11.3. The Bertz CT molecular complexity index is 761. The van der Waals surface area contributed by atoms with Crippen LogP contribution in [0.15, 0.2) is 36.5 Å².